The molecule has 0 fully saturated rings. The van der Waals surface area contributed by atoms with E-state index in [9.17, 15) is 0 Å². The molecule has 3 nitrogen and oxygen atoms in total. The largest absolute Gasteiger partial charge is 0.378 e. The van der Waals surface area contributed by atoms with Crippen LogP contribution >= 0.6 is 11.3 Å². The molecule has 3 rings (SSSR count). The van der Waals surface area contributed by atoms with E-state index in [1.165, 1.54) is 71.1 Å². The number of anilines is 1. The van der Waals surface area contributed by atoms with Gasteiger partial charge in [-0.05, 0) is 37.1 Å². The summed E-state index contributed by atoms with van der Waals surface area (Å²) in [5, 5.41) is 1.25. The molecule has 1 aromatic carbocycles. The van der Waals surface area contributed by atoms with Crippen LogP contribution in [0.3, 0.4) is 0 Å². The topological polar surface area (TPSA) is 19.1 Å². The molecule has 0 unspecified atom stereocenters. The van der Waals surface area contributed by atoms with Crippen LogP contribution in [0.2, 0.25) is 0 Å². The fourth-order valence-electron chi connectivity index (χ4n) is 3.90. The molecule has 0 spiro atoms. The molecule has 1 aliphatic heterocycles. The molecule has 0 amide bonds. The molecular weight excluding hydrogens is 398 g/mol. The SMILES string of the molecule is CCCCCCCCC/C=C/c1cc2nc3ccc(N(C)C)cc3sc-2cc1=[N+](C)C. The van der Waals surface area contributed by atoms with Crippen LogP contribution in [0.1, 0.15) is 63.9 Å². The van der Waals surface area contributed by atoms with E-state index >= 15 is 0 Å². The zero-order valence-corrected chi connectivity index (χ0v) is 20.8. The Morgan fingerprint density at radius 1 is 0.968 bits per heavy atom. The lowest BCUT2D eigenvalue weighted by atomic mass is 10.1. The lowest BCUT2D eigenvalue weighted by molar-refractivity contribution is 0.592. The Labute approximate surface area is 192 Å². The first-order valence-corrected chi connectivity index (χ1v) is 12.5. The lowest BCUT2D eigenvalue weighted by Crippen LogP contribution is -2.24. The molecule has 0 N–H and O–H groups in total. The van der Waals surface area contributed by atoms with Crippen LogP contribution in [0.5, 0.6) is 0 Å². The number of fused-ring (bicyclic) bond motifs is 2. The van der Waals surface area contributed by atoms with Crippen LogP contribution in [-0.2, 0) is 0 Å². The van der Waals surface area contributed by atoms with Gasteiger partial charge in [0.25, 0.3) is 0 Å². The molecule has 0 saturated heterocycles. The average molecular weight is 437 g/mol. The molecule has 1 aromatic rings. The van der Waals surface area contributed by atoms with Gasteiger partial charge in [0.05, 0.1) is 20.8 Å². The van der Waals surface area contributed by atoms with E-state index in [4.69, 9.17) is 4.98 Å². The third-order valence-electron chi connectivity index (χ3n) is 5.78. The van der Waals surface area contributed by atoms with Gasteiger partial charge in [-0.25, -0.2) is 9.56 Å². The van der Waals surface area contributed by atoms with Crippen LogP contribution in [-0.4, -0.2) is 33.2 Å². The fraction of sp³-hybridized carbons (Fsp3) is 0.481. The van der Waals surface area contributed by atoms with Crippen molar-refractivity contribution < 1.29 is 0 Å². The third-order valence-corrected chi connectivity index (χ3v) is 6.88. The van der Waals surface area contributed by atoms with Gasteiger partial charge in [-0.15, -0.1) is 11.3 Å². The van der Waals surface area contributed by atoms with Crippen LogP contribution in [0, 0.1) is 0 Å². The highest BCUT2D eigenvalue weighted by atomic mass is 32.1. The van der Waals surface area contributed by atoms with Crippen molar-refractivity contribution in [2.45, 2.75) is 58.3 Å². The Morgan fingerprint density at radius 2 is 1.71 bits per heavy atom. The van der Waals surface area contributed by atoms with Crippen molar-refractivity contribution >= 4 is 33.3 Å². The van der Waals surface area contributed by atoms with Gasteiger partial charge in [0, 0.05) is 31.4 Å². The number of rotatable bonds is 10. The first-order chi connectivity index (χ1) is 15.0. The molecule has 4 heteroatoms. The smallest absolute Gasteiger partial charge is 0.208 e. The lowest BCUT2D eigenvalue weighted by Gasteiger charge is -2.13. The number of hydrogen-bond donors (Lipinski definition) is 0. The molecule has 0 bridgehead atoms. The molecular formula is C27H38N3S+. The van der Waals surface area contributed by atoms with E-state index in [-0.39, 0.29) is 0 Å². The number of nitrogens with zero attached hydrogens (tertiary/aromatic N) is 3. The van der Waals surface area contributed by atoms with Gasteiger partial charge < -0.3 is 4.90 Å². The second kappa shape index (κ2) is 11.4. The minimum atomic E-state index is 1.07. The van der Waals surface area contributed by atoms with Gasteiger partial charge in [-0.2, -0.15) is 0 Å². The minimum absolute atomic E-state index is 1.07. The zero-order chi connectivity index (χ0) is 22.2. The van der Waals surface area contributed by atoms with Crippen LogP contribution in [0.15, 0.2) is 36.4 Å². The van der Waals surface area contributed by atoms with Gasteiger partial charge in [0.2, 0.25) is 5.36 Å². The molecule has 2 aliphatic rings. The normalized spacial score (nSPS) is 11.6. The van der Waals surface area contributed by atoms with Crippen LogP contribution in [0.25, 0.3) is 26.9 Å². The molecule has 0 radical (unpaired) electrons. The van der Waals surface area contributed by atoms with Gasteiger partial charge >= 0.3 is 0 Å². The van der Waals surface area contributed by atoms with Crippen molar-refractivity contribution in [2.75, 3.05) is 33.1 Å². The molecule has 0 saturated carbocycles. The summed E-state index contributed by atoms with van der Waals surface area (Å²) in [4.78, 5) is 8.34. The van der Waals surface area contributed by atoms with E-state index in [1.54, 1.807) is 0 Å². The van der Waals surface area contributed by atoms with Crippen molar-refractivity contribution in [3.63, 3.8) is 0 Å². The minimum Gasteiger partial charge on any atom is -0.378 e. The second-order valence-corrected chi connectivity index (χ2v) is 9.93. The van der Waals surface area contributed by atoms with E-state index in [0.717, 1.165) is 17.6 Å². The monoisotopic (exact) mass is 436 g/mol. The molecule has 1 heterocycles. The molecule has 1 aliphatic carbocycles. The van der Waals surface area contributed by atoms with Gasteiger partial charge in [-0.3, -0.25) is 0 Å². The third kappa shape index (κ3) is 6.39. The molecule has 31 heavy (non-hydrogen) atoms. The Bertz CT molecular complexity index is 1060. The number of allylic oxidation sites excluding steroid dienone is 1. The predicted octanol–water partition coefficient (Wildman–Crippen LogP) is 6.65. The summed E-state index contributed by atoms with van der Waals surface area (Å²) in [6, 6.07) is 11.1. The maximum atomic E-state index is 4.97. The summed E-state index contributed by atoms with van der Waals surface area (Å²) in [6.45, 7) is 2.28. The van der Waals surface area contributed by atoms with Gasteiger partial charge in [0.1, 0.15) is 14.1 Å². The fourth-order valence-corrected chi connectivity index (χ4v) is 4.91. The van der Waals surface area contributed by atoms with Crippen LogP contribution < -0.4 is 14.8 Å². The first-order valence-electron chi connectivity index (χ1n) is 11.7. The van der Waals surface area contributed by atoms with Crippen molar-refractivity contribution in [1.82, 2.24) is 9.56 Å². The number of benzene rings is 2. The summed E-state index contributed by atoms with van der Waals surface area (Å²) in [7, 11) is 8.40. The molecule has 166 valence electrons. The quantitative estimate of drug-likeness (QED) is 0.201. The summed E-state index contributed by atoms with van der Waals surface area (Å²) in [5.41, 5.74) is 4.61. The average Bonchev–Trinajstić information content (AvgIpc) is 2.75. The number of unbranched alkanes of at least 4 members (excludes halogenated alkanes) is 7. The number of aromatic nitrogens is 1. The molecule has 0 atom stereocenters. The van der Waals surface area contributed by atoms with Gasteiger partial charge in [-0.1, -0.05) is 57.6 Å². The second-order valence-electron chi connectivity index (χ2n) is 8.85. The van der Waals surface area contributed by atoms with Gasteiger partial charge in [0.15, 0.2) is 0 Å². The predicted molar refractivity (Wildman–Crippen MR) is 139 cm³/mol. The zero-order valence-electron chi connectivity index (χ0n) is 19.9. The van der Waals surface area contributed by atoms with Crippen molar-refractivity contribution in [1.29, 1.82) is 0 Å². The van der Waals surface area contributed by atoms with E-state index < -0.39 is 0 Å². The van der Waals surface area contributed by atoms with Crippen molar-refractivity contribution in [2.24, 2.45) is 0 Å². The Morgan fingerprint density at radius 3 is 2.42 bits per heavy atom. The Kier molecular flexibility index (Phi) is 8.65. The van der Waals surface area contributed by atoms with Crippen molar-refractivity contribution in [3.8, 4) is 10.6 Å². The highest BCUT2D eigenvalue weighted by Crippen LogP contribution is 2.32. The summed E-state index contributed by atoms with van der Waals surface area (Å²) < 4.78 is 3.44. The van der Waals surface area contributed by atoms with E-state index in [1.807, 2.05) is 11.3 Å². The van der Waals surface area contributed by atoms with E-state index in [2.05, 4.69) is 87.1 Å². The Balaban J connectivity index is 1.79. The van der Waals surface area contributed by atoms with Crippen LogP contribution in [0.4, 0.5) is 5.69 Å². The molecule has 0 aromatic heterocycles. The summed E-state index contributed by atoms with van der Waals surface area (Å²) in [5.74, 6) is 0. The van der Waals surface area contributed by atoms with Crippen molar-refractivity contribution in [3.05, 3.63) is 47.3 Å². The maximum Gasteiger partial charge on any atom is 0.208 e. The highest BCUT2D eigenvalue weighted by Gasteiger charge is 2.13. The number of hydrogen-bond acceptors (Lipinski definition) is 3. The summed E-state index contributed by atoms with van der Waals surface area (Å²) >= 11 is 1.83. The Hall–Kier alpha value is -2.20. The van der Waals surface area contributed by atoms with E-state index in [0.29, 0.717) is 0 Å². The summed E-state index contributed by atoms with van der Waals surface area (Å²) in [6.07, 6.45) is 15.3. The maximum absolute atomic E-state index is 4.97. The standard InChI is InChI=1S/C27H38N3S/c1-6-7-8-9-10-11-12-13-14-15-21-18-24-27(20-25(21)30(4)5)31-26-19-22(29(2)3)16-17-23(26)28-24/h14-20H,6-13H2,1-5H3/q+1/b15-14+. The highest BCUT2D eigenvalue weighted by molar-refractivity contribution is 7.21. The first kappa shape index (κ1) is 23.5.